The highest BCUT2D eigenvalue weighted by Gasteiger charge is 2.46. The van der Waals surface area contributed by atoms with E-state index in [1.165, 1.54) is 38.7 Å². The monoisotopic (exact) mass is 414 g/mol. The second-order valence-electron chi connectivity index (χ2n) is 10.00. The molecule has 4 aromatic carbocycles. The van der Waals surface area contributed by atoms with Crippen LogP contribution in [0.25, 0.3) is 22.3 Å². The lowest BCUT2D eigenvalue weighted by Gasteiger charge is -2.36. The van der Waals surface area contributed by atoms with Gasteiger partial charge in [-0.25, -0.2) is 0 Å². The van der Waals surface area contributed by atoms with E-state index >= 15 is 0 Å². The molecule has 2 aliphatic rings. The summed E-state index contributed by atoms with van der Waals surface area (Å²) in [6.45, 7) is 10.1. The molecule has 0 amide bonds. The first-order valence-electron chi connectivity index (χ1n) is 11.4. The Bertz CT molecular complexity index is 1330. The van der Waals surface area contributed by atoms with Crippen LogP contribution >= 0.6 is 0 Å². The molecule has 6 rings (SSSR count). The van der Waals surface area contributed by atoms with E-state index < -0.39 is 8.07 Å². The molecule has 0 radical (unpaired) electrons. The molecule has 0 saturated carbocycles. The molecule has 0 unspecified atom stereocenters. The van der Waals surface area contributed by atoms with Crippen LogP contribution in [0.15, 0.2) is 84.9 Å². The zero-order chi connectivity index (χ0) is 21.3. The third kappa shape index (κ3) is 2.61. The lowest BCUT2D eigenvalue weighted by Crippen LogP contribution is -2.75. The Morgan fingerprint density at radius 3 is 2.16 bits per heavy atom. The molecule has 4 aromatic rings. The summed E-state index contributed by atoms with van der Waals surface area (Å²) in [6, 6.07) is 32.3. The van der Waals surface area contributed by atoms with Crippen LogP contribution < -0.4 is 26.8 Å². The van der Waals surface area contributed by atoms with Crippen LogP contribution in [0.1, 0.15) is 25.3 Å². The fraction of sp³-hybridized carbons (Fsp3) is 0.172. The summed E-state index contributed by atoms with van der Waals surface area (Å²) in [7, 11) is -1.76. The Morgan fingerprint density at radius 2 is 1.39 bits per heavy atom. The highest BCUT2D eigenvalue weighted by atomic mass is 28.3. The van der Waals surface area contributed by atoms with Crippen LogP contribution in [0, 0.1) is 0 Å². The third-order valence-electron chi connectivity index (χ3n) is 7.54. The second-order valence-corrected chi connectivity index (χ2v) is 14.3. The molecule has 2 heteroatoms. The molecule has 0 bridgehead atoms. The van der Waals surface area contributed by atoms with Crippen molar-refractivity contribution in [2.24, 2.45) is 0 Å². The van der Waals surface area contributed by atoms with E-state index in [4.69, 9.17) is 0 Å². The minimum Gasteiger partial charge on any atom is -0.0689 e. The molecule has 2 heterocycles. The summed E-state index contributed by atoms with van der Waals surface area (Å²) in [5.74, 6) is 0.537. The molecule has 0 aromatic heterocycles. The van der Waals surface area contributed by atoms with E-state index in [-0.39, 0.29) is 0 Å². The number of hydrogen-bond donors (Lipinski definition) is 0. The van der Waals surface area contributed by atoms with Crippen LogP contribution in [0.5, 0.6) is 0 Å². The van der Waals surface area contributed by atoms with Crippen LogP contribution in [-0.4, -0.2) is 14.8 Å². The predicted molar refractivity (Wildman–Crippen MR) is 139 cm³/mol. The second kappa shape index (κ2) is 6.58. The fourth-order valence-corrected chi connectivity index (χ4v) is 9.09. The van der Waals surface area contributed by atoms with Crippen molar-refractivity contribution in [3.05, 3.63) is 90.5 Å². The molecule has 0 N–H and O–H groups in total. The molecule has 2 aliphatic heterocycles. The van der Waals surface area contributed by atoms with Crippen LogP contribution in [0.2, 0.25) is 13.1 Å². The largest absolute Gasteiger partial charge is 0.242 e. The van der Waals surface area contributed by atoms with Crippen molar-refractivity contribution in [1.29, 1.82) is 0 Å². The van der Waals surface area contributed by atoms with E-state index in [1.807, 2.05) is 0 Å². The maximum atomic E-state index is 2.56. The van der Waals surface area contributed by atoms with Gasteiger partial charge < -0.3 is 0 Å². The van der Waals surface area contributed by atoms with Crippen LogP contribution in [0.3, 0.4) is 0 Å². The first-order valence-corrected chi connectivity index (χ1v) is 14.4. The van der Waals surface area contributed by atoms with Crippen molar-refractivity contribution >= 4 is 41.5 Å². The number of benzene rings is 4. The van der Waals surface area contributed by atoms with Gasteiger partial charge >= 0.3 is 0 Å². The van der Waals surface area contributed by atoms with E-state index in [1.54, 1.807) is 15.8 Å². The predicted octanol–water partition coefficient (Wildman–Crippen LogP) is 4.11. The molecule has 0 nitrogen and oxygen atoms in total. The van der Waals surface area contributed by atoms with Gasteiger partial charge in [-0.15, -0.1) is 0 Å². The summed E-state index contributed by atoms with van der Waals surface area (Å²) >= 11 is 0. The molecule has 0 fully saturated rings. The van der Waals surface area contributed by atoms with Crippen molar-refractivity contribution in [1.82, 2.24) is 0 Å². The summed E-state index contributed by atoms with van der Waals surface area (Å²) in [5, 5.41) is 3.26. The van der Waals surface area contributed by atoms with Gasteiger partial charge in [0.15, 0.2) is 0 Å². The molecule has 31 heavy (non-hydrogen) atoms. The van der Waals surface area contributed by atoms with Gasteiger partial charge in [-0.1, -0.05) is 139 Å². The van der Waals surface area contributed by atoms with Gasteiger partial charge in [-0.3, -0.25) is 0 Å². The van der Waals surface area contributed by atoms with Gasteiger partial charge in [0.05, 0.1) is 0 Å². The Kier molecular flexibility index (Phi) is 4.01. The zero-order valence-corrected chi connectivity index (χ0v) is 19.7. The van der Waals surface area contributed by atoms with E-state index in [9.17, 15) is 0 Å². The van der Waals surface area contributed by atoms with Crippen molar-refractivity contribution in [2.75, 3.05) is 0 Å². The minimum atomic E-state index is -1.76. The molecule has 150 valence electrons. The lowest BCUT2D eigenvalue weighted by molar-refractivity contribution is 0.868. The fourth-order valence-electron chi connectivity index (χ4n) is 5.86. The average molecular weight is 414 g/mol. The Morgan fingerprint density at radius 1 is 0.645 bits per heavy atom. The van der Waals surface area contributed by atoms with Crippen molar-refractivity contribution < 1.29 is 0 Å². The molecular formula is C29H27BSi. The minimum absolute atomic E-state index is 0.363. The molecular weight excluding hydrogens is 387 g/mol. The smallest absolute Gasteiger partial charge is 0.0689 e. The molecule has 0 spiro atoms. The van der Waals surface area contributed by atoms with Crippen LogP contribution in [0.4, 0.5) is 0 Å². The lowest BCUT2D eigenvalue weighted by atomic mass is 9.38. The third-order valence-corrected chi connectivity index (χ3v) is 11.1. The molecule has 0 saturated heterocycles. The summed E-state index contributed by atoms with van der Waals surface area (Å²) in [5.41, 5.74) is 11.6. The summed E-state index contributed by atoms with van der Waals surface area (Å²) in [6.07, 6.45) is 0. The van der Waals surface area contributed by atoms with Crippen LogP contribution in [-0.2, 0) is 0 Å². The topological polar surface area (TPSA) is 0 Å². The van der Waals surface area contributed by atoms with Gasteiger partial charge in [0.25, 0.3) is 0 Å². The highest BCUT2D eigenvalue weighted by molar-refractivity contribution is 7.15. The highest BCUT2D eigenvalue weighted by Crippen LogP contribution is 2.31. The maximum absolute atomic E-state index is 2.56. The van der Waals surface area contributed by atoms with E-state index in [2.05, 4.69) is 112 Å². The Balaban J connectivity index is 1.68. The summed E-state index contributed by atoms with van der Waals surface area (Å²) in [4.78, 5) is 0. The van der Waals surface area contributed by atoms with E-state index in [0.29, 0.717) is 12.6 Å². The molecule has 0 atom stereocenters. The summed E-state index contributed by atoms with van der Waals surface area (Å²) < 4.78 is 0. The van der Waals surface area contributed by atoms with Gasteiger partial charge in [0, 0.05) is 0 Å². The van der Waals surface area contributed by atoms with Gasteiger partial charge in [0.2, 0.25) is 6.71 Å². The van der Waals surface area contributed by atoms with Gasteiger partial charge in [-0.2, -0.15) is 0 Å². The van der Waals surface area contributed by atoms with Crippen molar-refractivity contribution in [3.63, 3.8) is 0 Å². The SMILES string of the molecule is CC(C)c1cc2c3c(c1)[Si](C)(C)c1ccccc1B3c1cc(-c3ccccc3)ccc1-2. The standard InChI is InChI=1S/C29H27BSi/c1-19(2)22-16-24-23-15-14-21(20-10-6-5-7-11-20)17-26(23)30-25-12-8-9-13-27(25)31(3,4)28(18-22)29(24)30/h5-19H,1-4H3. The Labute approximate surface area is 187 Å². The molecule has 0 aliphatic carbocycles. The quantitative estimate of drug-likeness (QED) is 0.382. The first-order chi connectivity index (χ1) is 15.0. The zero-order valence-electron chi connectivity index (χ0n) is 18.7. The average Bonchev–Trinajstić information content (AvgIpc) is 3.12. The van der Waals surface area contributed by atoms with Crippen molar-refractivity contribution in [3.8, 4) is 22.3 Å². The Hall–Kier alpha value is -2.84. The maximum Gasteiger partial charge on any atom is 0.242 e. The van der Waals surface area contributed by atoms with Gasteiger partial charge in [0.1, 0.15) is 8.07 Å². The number of hydrogen-bond acceptors (Lipinski definition) is 0. The van der Waals surface area contributed by atoms with Crippen molar-refractivity contribution in [2.45, 2.75) is 32.9 Å². The normalized spacial score (nSPS) is 14.9. The number of fused-ring (bicyclic) bond motifs is 5. The van der Waals surface area contributed by atoms with Gasteiger partial charge in [-0.05, 0) is 33.7 Å². The number of rotatable bonds is 2. The first kappa shape index (κ1) is 18.9. The van der Waals surface area contributed by atoms with E-state index in [0.717, 1.165) is 0 Å².